The predicted octanol–water partition coefficient (Wildman–Crippen LogP) is 3.20. The SMILES string of the molecule is N#CC1(C2CCCC2)CCCC1.O=C(O)CCC(=O)O. The fourth-order valence-corrected chi connectivity index (χ4v) is 3.31. The van der Waals surface area contributed by atoms with E-state index in [1.54, 1.807) is 0 Å². The fraction of sp³-hybridized carbons (Fsp3) is 0.800. The zero-order chi connectivity index (χ0) is 15.0. The van der Waals surface area contributed by atoms with E-state index < -0.39 is 11.9 Å². The van der Waals surface area contributed by atoms with Crippen molar-refractivity contribution in [2.24, 2.45) is 11.3 Å². The Morgan fingerprint density at radius 1 is 1.00 bits per heavy atom. The Labute approximate surface area is 119 Å². The Kier molecular flexibility index (Phi) is 6.50. The molecule has 0 spiro atoms. The van der Waals surface area contributed by atoms with Crippen LogP contribution in [0.4, 0.5) is 0 Å². The first-order valence-corrected chi connectivity index (χ1v) is 7.35. The van der Waals surface area contributed by atoms with Crippen LogP contribution in [0.1, 0.15) is 64.2 Å². The molecule has 5 nitrogen and oxygen atoms in total. The number of carbonyl (C=O) groups is 2. The van der Waals surface area contributed by atoms with Crippen molar-refractivity contribution in [3.8, 4) is 6.07 Å². The van der Waals surface area contributed by atoms with Crippen molar-refractivity contribution in [1.82, 2.24) is 0 Å². The maximum Gasteiger partial charge on any atom is 0.303 e. The molecule has 0 aliphatic heterocycles. The van der Waals surface area contributed by atoms with Crippen LogP contribution in [0.3, 0.4) is 0 Å². The monoisotopic (exact) mass is 281 g/mol. The van der Waals surface area contributed by atoms with Crippen molar-refractivity contribution < 1.29 is 19.8 Å². The lowest BCUT2D eigenvalue weighted by Crippen LogP contribution is -2.23. The Bertz CT molecular complexity index is 360. The van der Waals surface area contributed by atoms with Crippen molar-refractivity contribution in [2.45, 2.75) is 64.2 Å². The van der Waals surface area contributed by atoms with Gasteiger partial charge in [0.15, 0.2) is 0 Å². The normalized spacial score (nSPS) is 20.8. The fourth-order valence-electron chi connectivity index (χ4n) is 3.31. The number of hydrogen-bond acceptors (Lipinski definition) is 3. The molecule has 0 heterocycles. The number of carboxylic acids is 2. The third-order valence-corrected chi connectivity index (χ3v) is 4.41. The molecule has 2 rings (SSSR count). The molecule has 2 saturated carbocycles. The molecular formula is C15H23NO4. The summed E-state index contributed by atoms with van der Waals surface area (Å²) in [6.07, 6.45) is 9.77. The smallest absolute Gasteiger partial charge is 0.303 e. The Balaban J connectivity index is 0.000000221. The molecule has 2 fully saturated rings. The van der Waals surface area contributed by atoms with Crippen molar-refractivity contribution in [1.29, 1.82) is 5.26 Å². The van der Waals surface area contributed by atoms with E-state index >= 15 is 0 Å². The number of aliphatic carboxylic acids is 2. The molecule has 0 aromatic rings. The summed E-state index contributed by atoms with van der Waals surface area (Å²) >= 11 is 0. The first kappa shape index (κ1) is 16.5. The highest BCUT2D eigenvalue weighted by molar-refractivity contribution is 5.75. The van der Waals surface area contributed by atoms with E-state index in [1.807, 2.05) is 0 Å². The zero-order valence-corrected chi connectivity index (χ0v) is 11.8. The third-order valence-electron chi connectivity index (χ3n) is 4.41. The second kappa shape index (κ2) is 7.88. The molecule has 0 saturated heterocycles. The molecule has 2 N–H and O–H groups in total. The van der Waals surface area contributed by atoms with E-state index in [9.17, 15) is 14.9 Å². The summed E-state index contributed by atoms with van der Waals surface area (Å²) in [5, 5.41) is 25.0. The molecule has 0 aromatic carbocycles. The summed E-state index contributed by atoms with van der Waals surface area (Å²) in [7, 11) is 0. The van der Waals surface area contributed by atoms with Crippen LogP contribution < -0.4 is 0 Å². The molecule has 112 valence electrons. The molecule has 5 heteroatoms. The highest BCUT2D eigenvalue weighted by Gasteiger charge is 2.42. The lowest BCUT2D eigenvalue weighted by Gasteiger charge is -2.27. The van der Waals surface area contributed by atoms with E-state index in [-0.39, 0.29) is 18.3 Å². The van der Waals surface area contributed by atoms with Gasteiger partial charge in [0.1, 0.15) is 0 Å². The number of carboxylic acid groups (broad SMARTS) is 2. The maximum absolute atomic E-state index is 9.64. The maximum atomic E-state index is 9.64. The van der Waals surface area contributed by atoms with Gasteiger partial charge < -0.3 is 10.2 Å². The van der Waals surface area contributed by atoms with Gasteiger partial charge in [-0.1, -0.05) is 25.7 Å². The van der Waals surface area contributed by atoms with Gasteiger partial charge in [0.25, 0.3) is 0 Å². The van der Waals surface area contributed by atoms with Gasteiger partial charge in [0.2, 0.25) is 0 Å². The molecule has 0 aromatic heterocycles. The summed E-state index contributed by atoms with van der Waals surface area (Å²) in [6.45, 7) is 0. The molecular weight excluding hydrogens is 258 g/mol. The van der Waals surface area contributed by atoms with Crippen LogP contribution in [-0.2, 0) is 9.59 Å². The van der Waals surface area contributed by atoms with Gasteiger partial charge in [-0.2, -0.15) is 5.26 Å². The average Bonchev–Trinajstić information content (AvgIpc) is 3.08. The second-order valence-electron chi connectivity index (χ2n) is 5.74. The average molecular weight is 281 g/mol. The number of nitriles is 1. The lowest BCUT2D eigenvalue weighted by atomic mass is 9.74. The van der Waals surface area contributed by atoms with Gasteiger partial charge >= 0.3 is 11.9 Å². The Morgan fingerprint density at radius 3 is 1.80 bits per heavy atom. The summed E-state index contributed by atoms with van der Waals surface area (Å²) in [5.41, 5.74) is 0.122. The zero-order valence-electron chi connectivity index (χ0n) is 11.8. The van der Waals surface area contributed by atoms with Gasteiger partial charge in [-0.25, -0.2) is 0 Å². The van der Waals surface area contributed by atoms with E-state index in [0.717, 1.165) is 5.92 Å². The largest absolute Gasteiger partial charge is 0.481 e. The van der Waals surface area contributed by atoms with Crippen LogP contribution in [0.15, 0.2) is 0 Å². The van der Waals surface area contributed by atoms with Crippen LogP contribution in [0.5, 0.6) is 0 Å². The quantitative estimate of drug-likeness (QED) is 0.824. The Morgan fingerprint density at radius 2 is 1.45 bits per heavy atom. The second-order valence-corrected chi connectivity index (χ2v) is 5.74. The molecule has 20 heavy (non-hydrogen) atoms. The van der Waals surface area contributed by atoms with E-state index in [0.29, 0.717) is 0 Å². The van der Waals surface area contributed by atoms with Gasteiger partial charge in [0, 0.05) is 0 Å². The minimum Gasteiger partial charge on any atom is -0.481 e. The first-order valence-electron chi connectivity index (χ1n) is 7.35. The minimum atomic E-state index is -1.08. The van der Waals surface area contributed by atoms with Crippen molar-refractivity contribution in [3.05, 3.63) is 0 Å². The standard InChI is InChI=1S/C11H17N.C4H6O4/c12-9-11(7-3-4-8-11)10-5-1-2-6-10;5-3(6)1-2-4(7)8/h10H,1-8H2;1-2H2,(H,5,6)(H,7,8). The summed E-state index contributed by atoms with van der Waals surface area (Å²) in [4.78, 5) is 19.3. The van der Waals surface area contributed by atoms with Gasteiger partial charge in [-0.05, 0) is 31.6 Å². The van der Waals surface area contributed by atoms with Crippen molar-refractivity contribution >= 4 is 11.9 Å². The molecule has 0 amide bonds. The summed E-state index contributed by atoms with van der Waals surface area (Å²) < 4.78 is 0. The van der Waals surface area contributed by atoms with Gasteiger partial charge in [-0.3, -0.25) is 9.59 Å². The van der Waals surface area contributed by atoms with E-state index in [1.165, 1.54) is 51.4 Å². The van der Waals surface area contributed by atoms with Crippen LogP contribution in [0, 0.1) is 22.7 Å². The summed E-state index contributed by atoms with van der Waals surface area (Å²) in [5.74, 6) is -1.40. The van der Waals surface area contributed by atoms with Crippen LogP contribution in [-0.4, -0.2) is 22.2 Å². The molecule has 2 aliphatic carbocycles. The van der Waals surface area contributed by atoms with Gasteiger partial charge in [0.05, 0.1) is 24.3 Å². The molecule has 0 unspecified atom stereocenters. The van der Waals surface area contributed by atoms with Crippen LogP contribution >= 0.6 is 0 Å². The topological polar surface area (TPSA) is 98.4 Å². The predicted molar refractivity (Wildman–Crippen MR) is 73.0 cm³/mol. The van der Waals surface area contributed by atoms with Crippen molar-refractivity contribution in [3.63, 3.8) is 0 Å². The van der Waals surface area contributed by atoms with Crippen LogP contribution in [0.25, 0.3) is 0 Å². The molecule has 0 atom stereocenters. The number of rotatable bonds is 4. The molecule has 0 bridgehead atoms. The Hall–Kier alpha value is -1.57. The highest BCUT2D eigenvalue weighted by Crippen LogP contribution is 2.49. The highest BCUT2D eigenvalue weighted by atomic mass is 16.4. The van der Waals surface area contributed by atoms with Crippen molar-refractivity contribution in [2.75, 3.05) is 0 Å². The summed E-state index contributed by atoms with van der Waals surface area (Å²) in [6, 6.07) is 2.62. The number of nitrogens with zero attached hydrogens (tertiary/aromatic N) is 1. The van der Waals surface area contributed by atoms with E-state index in [2.05, 4.69) is 6.07 Å². The number of hydrogen-bond donors (Lipinski definition) is 2. The van der Waals surface area contributed by atoms with Crippen LogP contribution in [0.2, 0.25) is 0 Å². The third kappa shape index (κ3) is 4.84. The first-order chi connectivity index (χ1) is 9.50. The van der Waals surface area contributed by atoms with E-state index in [4.69, 9.17) is 10.2 Å². The molecule has 0 radical (unpaired) electrons. The molecule has 2 aliphatic rings. The minimum absolute atomic E-state index is 0.122. The lowest BCUT2D eigenvalue weighted by molar-refractivity contribution is -0.143. The van der Waals surface area contributed by atoms with Gasteiger partial charge in [-0.15, -0.1) is 0 Å².